The van der Waals surface area contributed by atoms with Gasteiger partial charge in [-0.05, 0) is 25.8 Å². The molecule has 19 heavy (non-hydrogen) atoms. The monoisotopic (exact) mass is 271 g/mol. The maximum absolute atomic E-state index is 13.9. The summed E-state index contributed by atoms with van der Waals surface area (Å²) in [6.45, 7) is 4.79. The average Bonchev–Trinajstić information content (AvgIpc) is 2.36. The van der Waals surface area contributed by atoms with Crippen LogP contribution in [0.5, 0.6) is 0 Å². The Morgan fingerprint density at radius 1 is 1.42 bits per heavy atom. The van der Waals surface area contributed by atoms with Crippen molar-refractivity contribution < 1.29 is 18.6 Å². The lowest BCUT2D eigenvalue weighted by molar-refractivity contribution is 0.000714. The van der Waals surface area contributed by atoms with Crippen LogP contribution in [0.1, 0.15) is 24.5 Å². The summed E-state index contributed by atoms with van der Waals surface area (Å²) in [4.78, 5) is 0. The van der Waals surface area contributed by atoms with Gasteiger partial charge in [-0.2, -0.15) is 0 Å². The predicted octanol–water partition coefficient (Wildman–Crippen LogP) is 1.86. The van der Waals surface area contributed by atoms with Gasteiger partial charge in [0.25, 0.3) is 0 Å². The van der Waals surface area contributed by atoms with Crippen LogP contribution in [0.4, 0.5) is 8.78 Å². The van der Waals surface area contributed by atoms with Gasteiger partial charge in [0.15, 0.2) is 11.6 Å². The Morgan fingerprint density at radius 2 is 2.16 bits per heavy atom. The standard InChI is InChI=1S/C14H19F2NO2/c1-9-3-4-11(13(16)12(9)15)14(2,18)7-10-8-19-6-5-17-10/h3-4,10,17-18H,5-8H2,1-2H3. The summed E-state index contributed by atoms with van der Waals surface area (Å²) in [5, 5.41) is 13.6. The van der Waals surface area contributed by atoms with Gasteiger partial charge in [-0.3, -0.25) is 0 Å². The van der Waals surface area contributed by atoms with E-state index >= 15 is 0 Å². The number of aliphatic hydroxyl groups is 1. The Balaban J connectivity index is 2.21. The molecule has 1 aromatic carbocycles. The van der Waals surface area contributed by atoms with Crippen LogP contribution in [-0.2, 0) is 10.3 Å². The highest BCUT2D eigenvalue weighted by Gasteiger charge is 2.32. The van der Waals surface area contributed by atoms with Gasteiger partial charge in [0.2, 0.25) is 0 Å². The van der Waals surface area contributed by atoms with Gasteiger partial charge in [0.1, 0.15) is 0 Å². The number of nitrogens with one attached hydrogen (secondary N) is 1. The zero-order valence-corrected chi connectivity index (χ0v) is 11.2. The third-order valence-corrected chi connectivity index (χ3v) is 3.50. The normalized spacial score (nSPS) is 23.1. The Bertz CT molecular complexity index is 457. The molecule has 0 aliphatic carbocycles. The number of hydrogen-bond acceptors (Lipinski definition) is 3. The van der Waals surface area contributed by atoms with E-state index in [0.717, 1.165) is 0 Å². The van der Waals surface area contributed by atoms with Crippen LogP contribution in [0.3, 0.4) is 0 Å². The van der Waals surface area contributed by atoms with Gasteiger partial charge < -0.3 is 15.2 Å². The summed E-state index contributed by atoms with van der Waals surface area (Å²) in [5.74, 6) is -1.87. The third kappa shape index (κ3) is 3.11. The molecule has 0 bridgehead atoms. The minimum absolute atomic E-state index is 0.0111. The number of rotatable bonds is 3. The van der Waals surface area contributed by atoms with E-state index in [1.807, 2.05) is 0 Å². The highest BCUT2D eigenvalue weighted by atomic mass is 19.2. The summed E-state index contributed by atoms with van der Waals surface area (Å²) < 4.78 is 32.8. The maximum atomic E-state index is 13.9. The number of ether oxygens (including phenoxy) is 1. The minimum Gasteiger partial charge on any atom is -0.385 e. The van der Waals surface area contributed by atoms with Gasteiger partial charge in [0.05, 0.1) is 18.8 Å². The quantitative estimate of drug-likeness (QED) is 0.881. The van der Waals surface area contributed by atoms with Crippen LogP contribution in [0.25, 0.3) is 0 Å². The van der Waals surface area contributed by atoms with E-state index in [1.54, 1.807) is 0 Å². The first kappa shape index (κ1) is 14.4. The molecule has 0 spiro atoms. The molecule has 2 rings (SSSR count). The van der Waals surface area contributed by atoms with Crippen molar-refractivity contribution in [3.8, 4) is 0 Å². The van der Waals surface area contributed by atoms with E-state index < -0.39 is 17.2 Å². The molecule has 1 fully saturated rings. The lowest BCUT2D eigenvalue weighted by atomic mass is 9.88. The van der Waals surface area contributed by atoms with E-state index in [1.165, 1.54) is 26.0 Å². The highest BCUT2D eigenvalue weighted by Crippen LogP contribution is 2.30. The largest absolute Gasteiger partial charge is 0.385 e. The first-order valence-electron chi connectivity index (χ1n) is 6.40. The molecule has 2 unspecified atom stereocenters. The first-order chi connectivity index (χ1) is 8.92. The lowest BCUT2D eigenvalue weighted by Crippen LogP contribution is -2.45. The first-order valence-corrected chi connectivity index (χ1v) is 6.40. The van der Waals surface area contributed by atoms with Gasteiger partial charge in [-0.15, -0.1) is 0 Å². The van der Waals surface area contributed by atoms with Crippen molar-refractivity contribution in [2.24, 2.45) is 0 Å². The molecule has 1 saturated heterocycles. The SMILES string of the molecule is Cc1ccc(C(C)(O)CC2COCCN2)c(F)c1F. The molecule has 5 heteroatoms. The highest BCUT2D eigenvalue weighted by molar-refractivity contribution is 5.29. The Labute approximate surface area is 111 Å². The van der Waals surface area contributed by atoms with E-state index in [4.69, 9.17) is 4.74 Å². The van der Waals surface area contributed by atoms with E-state index in [2.05, 4.69) is 5.32 Å². The zero-order valence-electron chi connectivity index (χ0n) is 11.2. The van der Waals surface area contributed by atoms with Crippen molar-refractivity contribution in [2.75, 3.05) is 19.8 Å². The molecule has 1 aromatic rings. The number of benzene rings is 1. The van der Waals surface area contributed by atoms with E-state index in [-0.39, 0.29) is 23.6 Å². The van der Waals surface area contributed by atoms with Crippen LogP contribution in [0, 0.1) is 18.6 Å². The smallest absolute Gasteiger partial charge is 0.165 e. The van der Waals surface area contributed by atoms with Gasteiger partial charge >= 0.3 is 0 Å². The zero-order chi connectivity index (χ0) is 14.0. The molecular formula is C14H19F2NO2. The van der Waals surface area contributed by atoms with Crippen molar-refractivity contribution in [1.82, 2.24) is 5.32 Å². The summed E-state index contributed by atoms with van der Waals surface area (Å²) in [6, 6.07) is 2.86. The van der Waals surface area contributed by atoms with Crippen LogP contribution < -0.4 is 5.32 Å². The molecular weight excluding hydrogens is 252 g/mol. The summed E-state index contributed by atoms with van der Waals surface area (Å²) in [6.07, 6.45) is 0.270. The maximum Gasteiger partial charge on any atom is 0.165 e. The summed E-state index contributed by atoms with van der Waals surface area (Å²) in [5.41, 5.74) is -1.21. The van der Waals surface area contributed by atoms with Crippen LogP contribution in [0.15, 0.2) is 12.1 Å². The van der Waals surface area contributed by atoms with Crippen molar-refractivity contribution in [3.63, 3.8) is 0 Å². The molecule has 1 heterocycles. The number of halogens is 2. The van der Waals surface area contributed by atoms with E-state index in [9.17, 15) is 13.9 Å². The van der Waals surface area contributed by atoms with Crippen LogP contribution in [0.2, 0.25) is 0 Å². The number of aryl methyl sites for hydroxylation is 1. The molecule has 106 valence electrons. The van der Waals surface area contributed by atoms with Crippen LogP contribution >= 0.6 is 0 Å². The molecule has 0 saturated carbocycles. The Kier molecular flexibility index (Phi) is 4.18. The number of morpholine rings is 1. The van der Waals surface area contributed by atoms with Gasteiger partial charge in [-0.25, -0.2) is 8.78 Å². The second kappa shape index (κ2) is 5.53. The third-order valence-electron chi connectivity index (χ3n) is 3.50. The average molecular weight is 271 g/mol. The summed E-state index contributed by atoms with van der Waals surface area (Å²) >= 11 is 0. The van der Waals surface area contributed by atoms with Crippen molar-refractivity contribution in [2.45, 2.75) is 31.9 Å². The van der Waals surface area contributed by atoms with Crippen molar-refractivity contribution >= 4 is 0 Å². The molecule has 2 N–H and O–H groups in total. The second-order valence-corrected chi connectivity index (χ2v) is 5.26. The molecule has 1 aliphatic rings. The Hall–Kier alpha value is -1.04. The van der Waals surface area contributed by atoms with Crippen molar-refractivity contribution in [3.05, 3.63) is 34.9 Å². The van der Waals surface area contributed by atoms with Crippen molar-refractivity contribution in [1.29, 1.82) is 0 Å². The fraction of sp³-hybridized carbons (Fsp3) is 0.571. The molecule has 0 aromatic heterocycles. The van der Waals surface area contributed by atoms with Gasteiger partial charge in [-0.1, -0.05) is 12.1 Å². The van der Waals surface area contributed by atoms with E-state index in [0.29, 0.717) is 19.8 Å². The predicted molar refractivity (Wildman–Crippen MR) is 67.9 cm³/mol. The number of hydrogen-bond donors (Lipinski definition) is 2. The molecule has 2 atom stereocenters. The van der Waals surface area contributed by atoms with Crippen LogP contribution in [-0.4, -0.2) is 30.9 Å². The molecule has 0 amide bonds. The molecule has 1 aliphatic heterocycles. The molecule has 3 nitrogen and oxygen atoms in total. The Morgan fingerprint density at radius 3 is 2.79 bits per heavy atom. The lowest BCUT2D eigenvalue weighted by Gasteiger charge is -2.32. The summed E-state index contributed by atoms with van der Waals surface area (Å²) in [7, 11) is 0. The molecule has 0 radical (unpaired) electrons. The topological polar surface area (TPSA) is 41.5 Å². The van der Waals surface area contributed by atoms with Gasteiger partial charge in [0, 0.05) is 18.2 Å². The second-order valence-electron chi connectivity index (χ2n) is 5.26. The fourth-order valence-electron chi connectivity index (χ4n) is 2.40. The fourth-order valence-corrected chi connectivity index (χ4v) is 2.40. The minimum atomic E-state index is -1.43.